The van der Waals surface area contributed by atoms with E-state index in [2.05, 4.69) is 10.1 Å². The summed E-state index contributed by atoms with van der Waals surface area (Å²) in [6, 6.07) is 3.48. The molecule has 2 aromatic rings. The van der Waals surface area contributed by atoms with Gasteiger partial charge in [-0.15, -0.1) is 0 Å². The first kappa shape index (κ1) is 19.5. The van der Waals surface area contributed by atoms with Crippen LogP contribution in [0, 0.1) is 0 Å². The Morgan fingerprint density at radius 3 is 2.52 bits per heavy atom. The van der Waals surface area contributed by atoms with Crippen molar-refractivity contribution < 1.29 is 9.47 Å². The highest BCUT2D eigenvalue weighted by Gasteiger charge is 2.20. The molecule has 2 rings (SSSR count). The third kappa shape index (κ3) is 4.86. The summed E-state index contributed by atoms with van der Waals surface area (Å²) in [5.74, 6) is 0.664. The molecule has 0 bridgehead atoms. The van der Waals surface area contributed by atoms with E-state index in [9.17, 15) is 4.79 Å². The highest BCUT2D eigenvalue weighted by molar-refractivity contribution is 6.31. The Balaban J connectivity index is 2.14. The number of hydrogen-bond acceptors (Lipinski definition) is 5. The van der Waals surface area contributed by atoms with Crippen LogP contribution in [0.2, 0.25) is 10.2 Å². The Bertz CT molecular complexity index is 801. The molecule has 0 radical (unpaired) electrons. The molecule has 0 unspecified atom stereocenters. The van der Waals surface area contributed by atoms with Crippen LogP contribution in [0.15, 0.2) is 23.1 Å². The average molecular weight is 386 g/mol. The third-order valence-electron chi connectivity index (χ3n) is 3.26. The minimum atomic E-state index is -0.471. The number of ether oxygens (including phenoxy) is 2. The summed E-state index contributed by atoms with van der Waals surface area (Å²) in [7, 11) is 0. The lowest BCUT2D eigenvalue weighted by atomic mass is 10.1. The van der Waals surface area contributed by atoms with Gasteiger partial charge in [0.2, 0.25) is 5.88 Å². The van der Waals surface area contributed by atoms with Crippen molar-refractivity contribution in [1.29, 1.82) is 0 Å². The smallest absolute Gasteiger partial charge is 0.289 e. The van der Waals surface area contributed by atoms with Gasteiger partial charge in [0.1, 0.15) is 11.8 Å². The summed E-state index contributed by atoms with van der Waals surface area (Å²) in [5, 5.41) is 4.38. The molecular weight excluding hydrogens is 365 g/mol. The molecule has 136 valence electrons. The lowest BCUT2D eigenvalue weighted by molar-refractivity contribution is 0.289. The van der Waals surface area contributed by atoms with E-state index < -0.39 is 11.1 Å². The molecule has 0 aliphatic carbocycles. The molecular formula is C17H21Cl2N3O3. The Kier molecular flexibility index (Phi) is 6.30. The normalized spacial score (nSPS) is 11.4. The van der Waals surface area contributed by atoms with E-state index in [1.807, 2.05) is 27.7 Å². The van der Waals surface area contributed by atoms with Gasteiger partial charge in [-0.25, -0.2) is 9.67 Å². The van der Waals surface area contributed by atoms with Crippen LogP contribution in [0.1, 0.15) is 39.7 Å². The number of halogens is 2. The van der Waals surface area contributed by atoms with Crippen molar-refractivity contribution in [1.82, 2.24) is 14.8 Å². The molecule has 8 heteroatoms. The molecule has 25 heavy (non-hydrogen) atoms. The van der Waals surface area contributed by atoms with Gasteiger partial charge in [-0.1, -0.05) is 30.1 Å². The molecule has 0 saturated carbocycles. The Morgan fingerprint density at radius 1 is 1.20 bits per heavy atom. The first-order valence-corrected chi connectivity index (χ1v) is 8.69. The van der Waals surface area contributed by atoms with Crippen LogP contribution < -0.4 is 15.0 Å². The molecule has 0 spiro atoms. The molecule has 0 aromatic carbocycles. The van der Waals surface area contributed by atoms with Crippen molar-refractivity contribution in [2.75, 3.05) is 6.61 Å². The average Bonchev–Trinajstić information content (AvgIpc) is 2.54. The van der Waals surface area contributed by atoms with E-state index >= 15 is 0 Å². The zero-order valence-electron chi connectivity index (χ0n) is 14.7. The summed E-state index contributed by atoms with van der Waals surface area (Å²) in [6.45, 7) is 8.30. The van der Waals surface area contributed by atoms with Gasteiger partial charge in [-0.3, -0.25) is 4.79 Å². The van der Waals surface area contributed by atoms with Gasteiger partial charge in [0.25, 0.3) is 5.56 Å². The molecule has 0 aliphatic heterocycles. The van der Waals surface area contributed by atoms with Crippen molar-refractivity contribution in [3.05, 3.63) is 44.4 Å². The first-order valence-electron chi connectivity index (χ1n) is 7.93. The lowest BCUT2D eigenvalue weighted by Crippen LogP contribution is -2.36. The van der Waals surface area contributed by atoms with Crippen LogP contribution in [0.3, 0.4) is 0 Å². The third-order valence-corrected chi connectivity index (χ3v) is 3.94. The van der Waals surface area contributed by atoms with E-state index in [0.717, 1.165) is 6.42 Å². The van der Waals surface area contributed by atoms with Crippen molar-refractivity contribution in [2.24, 2.45) is 0 Å². The van der Waals surface area contributed by atoms with Crippen molar-refractivity contribution in [3.63, 3.8) is 0 Å². The van der Waals surface area contributed by atoms with Crippen molar-refractivity contribution >= 4 is 23.2 Å². The molecule has 6 nitrogen and oxygen atoms in total. The van der Waals surface area contributed by atoms with Crippen molar-refractivity contribution in [3.8, 4) is 11.6 Å². The molecule has 0 fully saturated rings. The molecule has 2 aromatic heterocycles. The zero-order valence-corrected chi connectivity index (χ0v) is 16.2. The maximum atomic E-state index is 12.3. The molecule has 0 atom stereocenters. The summed E-state index contributed by atoms with van der Waals surface area (Å²) < 4.78 is 12.3. The Labute approximate surface area is 156 Å². The molecule has 0 N–H and O–H groups in total. The predicted octanol–water partition coefficient (Wildman–Crippen LogP) is 4.07. The topological polar surface area (TPSA) is 66.2 Å². The van der Waals surface area contributed by atoms with Crippen molar-refractivity contribution in [2.45, 2.75) is 46.3 Å². The fraction of sp³-hybridized carbons (Fsp3) is 0.471. The van der Waals surface area contributed by atoms with Crippen LogP contribution in [0.4, 0.5) is 0 Å². The van der Waals surface area contributed by atoms with Gasteiger partial charge >= 0.3 is 0 Å². The Morgan fingerprint density at radius 2 is 1.92 bits per heavy atom. The zero-order chi connectivity index (χ0) is 18.6. The quantitative estimate of drug-likeness (QED) is 0.701. The minimum Gasteiger partial charge on any atom is -0.485 e. The SMILES string of the molecule is CCCOc1ccc(COc2cnn(C(C)(C)C)c(=O)c2Cl)c(Cl)n1. The summed E-state index contributed by atoms with van der Waals surface area (Å²) >= 11 is 12.3. The fourth-order valence-electron chi connectivity index (χ4n) is 1.99. The van der Waals surface area contributed by atoms with Crippen LogP contribution >= 0.6 is 23.2 Å². The van der Waals surface area contributed by atoms with Gasteiger partial charge in [0, 0.05) is 11.6 Å². The van der Waals surface area contributed by atoms with E-state index in [1.54, 1.807) is 12.1 Å². The molecule has 0 aliphatic rings. The second-order valence-corrected chi connectivity index (χ2v) is 7.18. The van der Waals surface area contributed by atoms with Gasteiger partial charge < -0.3 is 9.47 Å². The van der Waals surface area contributed by atoms with Crippen LogP contribution in [-0.4, -0.2) is 21.4 Å². The summed E-state index contributed by atoms with van der Waals surface area (Å²) in [6.07, 6.45) is 2.31. The number of rotatable bonds is 6. The molecule has 2 heterocycles. The van der Waals surface area contributed by atoms with Crippen LogP contribution in [0.25, 0.3) is 0 Å². The van der Waals surface area contributed by atoms with Gasteiger partial charge in [0.15, 0.2) is 10.8 Å². The number of aromatic nitrogens is 3. The van der Waals surface area contributed by atoms with Crippen LogP contribution in [-0.2, 0) is 12.1 Å². The standard InChI is InChI=1S/C17H21Cl2N3O3/c1-5-8-24-13-7-6-11(15(19)21-13)10-25-12-9-20-22(17(2,3)4)16(23)14(12)18/h6-7,9H,5,8,10H2,1-4H3. The number of hydrogen-bond donors (Lipinski definition) is 0. The maximum absolute atomic E-state index is 12.3. The Hall–Kier alpha value is -1.79. The highest BCUT2D eigenvalue weighted by Crippen LogP contribution is 2.24. The lowest BCUT2D eigenvalue weighted by Gasteiger charge is -2.21. The first-order chi connectivity index (χ1) is 11.7. The minimum absolute atomic E-state index is 0.0168. The predicted molar refractivity (Wildman–Crippen MR) is 97.9 cm³/mol. The summed E-state index contributed by atoms with van der Waals surface area (Å²) in [5.41, 5.74) is -0.221. The summed E-state index contributed by atoms with van der Waals surface area (Å²) in [4.78, 5) is 16.5. The van der Waals surface area contributed by atoms with Gasteiger partial charge in [-0.05, 0) is 33.3 Å². The monoisotopic (exact) mass is 385 g/mol. The largest absolute Gasteiger partial charge is 0.485 e. The van der Waals surface area contributed by atoms with E-state index in [0.29, 0.717) is 18.1 Å². The van der Waals surface area contributed by atoms with Gasteiger partial charge in [0.05, 0.1) is 18.3 Å². The molecule has 0 amide bonds. The van der Waals surface area contributed by atoms with Crippen LogP contribution in [0.5, 0.6) is 11.6 Å². The van der Waals surface area contributed by atoms with E-state index in [1.165, 1.54) is 10.9 Å². The maximum Gasteiger partial charge on any atom is 0.289 e. The number of pyridine rings is 1. The highest BCUT2D eigenvalue weighted by atomic mass is 35.5. The second kappa shape index (κ2) is 8.06. The second-order valence-electron chi connectivity index (χ2n) is 6.45. The fourth-order valence-corrected chi connectivity index (χ4v) is 2.38. The van der Waals surface area contributed by atoms with E-state index in [-0.39, 0.29) is 22.5 Å². The molecule has 0 saturated heterocycles. The van der Waals surface area contributed by atoms with E-state index in [4.69, 9.17) is 32.7 Å². The van der Waals surface area contributed by atoms with Gasteiger partial charge in [-0.2, -0.15) is 5.10 Å². The number of nitrogens with zero attached hydrogens (tertiary/aromatic N) is 3.